The van der Waals surface area contributed by atoms with Crippen LogP contribution in [0.4, 0.5) is 0 Å². The number of nitrogens with one attached hydrogen (secondary N) is 2. The van der Waals surface area contributed by atoms with Gasteiger partial charge in [-0.25, -0.2) is 0 Å². The summed E-state index contributed by atoms with van der Waals surface area (Å²) in [6.45, 7) is 2.15. The molecule has 2 aliphatic rings. The van der Waals surface area contributed by atoms with Crippen LogP contribution in [0.2, 0.25) is 0 Å². The molecule has 1 saturated carbocycles. The van der Waals surface area contributed by atoms with Gasteiger partial charge in [0.05, 0.1) is 6.61 Å². The number of hydrogen-bond acceptors (Lipinski definition) is 4. The van der Waals surface area contributed by atoms with Crippen molar-refractivity contribution in [2.45, 2.75) is 31.4 Å². The average molecular weight is 228 g/mol. The Kier molecular flexibility index (Phi) is 4.15. The van der Waals surface area contributed by atoms with Crippen LogP contribution >= 0.6 is 0 Å². The first-order valence-electron chi connectivity index (χ1n) is 6.05. The fraction of sp³-hybridized carbons (Fsp3) is 0.909. The highest BCUT2D eigenvalue weighted by molar-refractivity contribution is 5.81. The van der Waals surface area contributed by atoms with E-state index in [0.29, 0.717) is 13.2 Å². The van der Waals surface area contributed by atoms with Crippen molar-refractivity contribution in [1.82, 2.24) is 10.6 Å². The maximum absolute atomic E-state index is 11.9. The van der Waals surface area contributed by atoms with E-state index in [4.69, 9.17) is 9.84 Å². The second-order valence-corrected chi connectivity index (χ2v) is 4.55. The molecule has 3 unspecified atom stereocenters. The van der Waals surface area contributed by atoms with Crippen molar-refractivity contribution in [3.05, 3.63) is 0 Å². The predicted molar refractivity (Wildman–Crippen MR) is 59.0 cm³/mol. The average Bonchev–Trinajstić information content (AvgIpc) is 2.77. The predicted octanol–water partition coefficient (Wildman–Crippen LogP) is -0.748. The Hall–Kier alpha value is -0.650. The molecule has 0 aromatic rings. The monoisotopic (exact) mass is 228 g/mol. The van der Waals surface area contributed by atoms with Crippen LogP contribution in [-0.4, -0.2) is 49.5 Å². The largest absolute Gasteiger partial charge is 0.396 e. The standard InChI is InChI=1S/C11H20N2O3/c14-7-8-2-1-3-9(8)13-11(15)10-6-12-4-5-16-10/h8-10,12,14H,1-7H2,(H,13,15). The van der Waals surface area contributed by atoms with E-state index in [0.717, 1.165) is 25.8 Å². The van der Waals surface area contributed by atoms with Crippen LogP contribution in [0, 0.1) is 5.92 Å². The van der Waals surface area contributed by atoms with E-state index in [1.807, 2.05) is 0 Å². The smallest absolute Gasteiger partial charge is 0.250 e. The summed E-state index contributed by atoms with van der Waals surface area (Å²) >= 11 is 0. The van der Waals surface area contributed by atoms with Gasteiger partial charge >= 0.3 is 0 Å². The Morgan fingerprint density at radius 2 is 2.38 bits per heavy atom. The highest BCUT2D eigenvalue weighted by atomic mass is 16.5. The summed E-state index contributed by atoms with van der Waals surface area (Å²) in [5.41, 5.74) is 0. The van der Waals surface area contributed by atoms with Crippen LogP contribution in [0.3, 0.4) is 0 Å². The van der Waals surface area contributed by atoms with Crippen molar-refractivity contribution in [1.29, 1.82) is 0 Å². The van der Waals surface area contributed by atoms with E-state index in [1.165, 1.54) is 0 Å². The molecule has 1 aliphatic carbocycles. The number of amides is 1. The van der Waals surface area contributed by atoms with Gasteiger partial charge in [0, 0.05) is 31.7 Å². The lowest BCUT2D eigenvalue weighted by atomic mass is 10.0. The van der Waals surface area contributed by atoms with Gasteiger partial charge < -0.3 is 20.5 Å². The summed E-state index contributed by atoms with van der Waals surface area (Å²) < 4.78 is 5.38. The Morgan fingerprint density at radius 3 is 3.06 bits per heavy atom. The first-order valence-corrected chi connectivity index (χ1v) is 6.05. The van der Waals surface area contributed by atoms with E-state index < -0.39 is 0 Å². The van der Waals surface area contributed by atoms with Gasteiger partial charge in [-0.15, -0.1) is 0 Å². The van der Waals surface area contributed by atoms with E-state index in [1.54, 1.807) is 0 Å². The van der Waals surface area contributed by atoms with Gasteiger partial charge in [-0.05, 0) is 12.8 Å². The zero-order chi connectivity index (χ0) is 11.4. The molecule has 5 nitrogen and oxygen atoms in total. The summed E-state index contributed by atoms with van der Waals surface area (Å²) in [4.78, 5) is 11.9. The van der Waals surface area contributed by atoms with E-state index in [2.05, 4.69) is 10.6 Å². The van der Waals surface area contributed by atoms with Crippen LogP contribution < -0.4 is 10.6 Å². The number of hydrogen-bond donors (Lipinski definition) is 3. The lowest BCUT2D eigenvalue weighted by Crippen LogP contribution is -2.51. The van der Waals surface area contributed by atoms with Crippen LogP contribution in [0.5, 0.6) is 0 Å². The molecule has 2 rings (SSSR count). The highest BCUT2D eigenvalue weighted by Crippen LogP contribution is 2.25. The first-order chi connectivity index (χ1) is 7.81. The number of ether oxygens (including phenoxy) is 1. The van der Waals surface area contributed by atoms with Crippen molar-refractivity contribution in [3.8, 4) is 0 Å². The van der Waals surface area contributed by atoms with Gasteiger partial charge in [-0.3, -0.25) is 4.79 Å². The number of aliphatic hydroxyl groups is 1. The molecule has 0 spiro atoms. The molecule has 16 heavy (non-hydrogen) atoms. The molecular weight excluding hydrogens is 208 g/mol. The van der Waals surface area contributed by atoms with Crippen LogP contribution in [0.15, 0.2) is 0 Å². The zero-order valence-electron chi connectivity index (χ0n) is 9.45. The lowest BCUT2D eigenvalue weighted by Gasteiger charge is -2.26. The normalized spacial score (nSPS) is 34.9. The molecule has 3 N–H and O–H groups in total. The molecule has 5 heteroatoms. The second kappa shape index (κ2) is 5.61. The van der Waals surface area contributed by atoms with Gasteiger partial charge in [0.2, 0.25) is 0 Å². The topological polar surface area (TPSA) is 70.6 Å². The third-order valence-electron chi connectivity index (χ3n) is 3.44. The fourth-order valence-electron chi connectivity index (χ4n) is 2.45. The number of carbonyl (C=O) groups excluding carboxylic acids is 1. The van der Waals surface area contributed by atoms with Gasteiger partial charge in [0.25, 0.3) is 5.91 Å². The van der Waals surface area contributed by atoms with Crippen molar-refractivity contribution in [2.24, 2.45) is 5.92 Å². The molecule has 2 fully saturated rings. The van der Waals surface area contributed by atoms with Gasteiger partial charge in [-0.2, -0.15) is 0 Å². The van der Waals surface area contributed by atoms with Gasteiger partial charge in [0.15, 0.2) is 0 Å². The molecule has 3 atom stereocenters. The molecule has 92 valence electrons. The lowest BCUT2D eigenvalue weighted by molar-refractivity contribution is -0.135. The minimum Gasteiger partial charge on any atom is -0.396 e. The maximum Gasteiger partial charge on any atom is 0.250 e. The summed E-state index contributed by atoms with van der Waals surface area (Å²) in [6.07, 6.45) is 2.69. The van der Waals surface area contributed by atoms with Gasteiger partial charge in [0.1, 0.15) is 6.10 Å². The van der Waals surface area contributed by atoms with Gasteiger partial charge in [-0.1, -0.05) is 6.42 Å². The minimum atomic E-state index is -0.367. The Morgan fingerprint density at radius 1 is 1.50 bits per heavy atom. The molecule has 0 aromatic carbocycles. The third-order valence-corrected chi connectivity index (χ3v) is 3.44. The van der Waals surface area contributed by atoms with Crippen molar-refractivity contribution >= 4 is 5.91 Å². The quantitative estimate of drug-likeness (QED) is 0.594. The molecular formula is C11H20N2O3. The molecule has 1 amide bonds. The van der Waals surface area contributed by atoms with Crippen molar-refractivity contribution in [2.75, 3.05) is 26.3 Å². The highest BCUT2D eigenvalue weighted by Gasteiger charge is 2.30. The summed E-state index contributed by atoms with van der Waals surface area (Å²) in [5, 5.41) is 15.3. The number of rotatable bonds is 3. The SMILES string of the molecule is O=C(NC1CCCC1CO)C1CNCCO1. The van der Waals surface area contributed by atoms with E-state index >= 15 is 0 Å². The Bertz CT molecular complexity index is 241. The van der Waals surface area contributed by atoms with E-state index in [-0.39, 0.29) is 30.6 Å². The van der Waals surface area contributed by atoms with Crippen LogP contribution in [0.25, 0.3) is 0 Å². The fourth-order valence-corrected chi connectivity index (χ4v) is 2.45. The summed E-state index contributed by atoms with van der Waals surface area (Å²) in [7, 11) is 0. The first kappa shape index (κ1) is 11.8. The van der Waals surface area contributed by atoms with Crippen molar-refractivity contribution in [3.63, 3.8) is 0 Å². The van der Waals surface area contributed by atoms with E-state index in [9.17, 15) is 4.79 Å². The van der Waals surface area contributed by atoms with Crippen LogP contribution in [-0.2, 0) is 9.53 Å². The third kappa shape index (κ3) is 2.72. The summed E-state index contributed by atoms with van der Waals surface area (Å²) in [6, 6.07) is 0.128. The number of carbonyl (C=O) groups is 1. The number of aliphatic hydroxyl groups excluding tert-OH is 1. The molecule has 1 heterocycles. The second-order valence-electron chi connectivity index (χ2n) is 4.55. The Balaban J connectivity index is 1.81. The van der Waals surface area contributed by atoms with Crippen LogP contribution in [0.1, 0.15) is 19.3 Å². The molecule has 0 radical (unpaired) electrons. The molecule has 0 bridgehead atoms. The Labute approximate surface area is 95.5 Å². The maximum atomic E-state index is 11.9. The molecule has 1 aliphatic heterocycles. The molecule has 0 aromatic heterocycles. The number of morpholine rings is 1. The zero-order valence-corrected chi connectivity index (χ0v) is 9.45. The van der Waals surface area contributed by atoms with Crippen molar-refractivity contribution < 1.29 is 14.6 Å². The minimum absolute atomic E-state index is 0.0439. The summed E-state index contributed by atoms with van der Waals surface area (Å²) in [5.74, 6) is 0.179. The molecule has 1 saturated heterocycles.